The zero-order valence-corrected chi connectivity index (χ0v) is 13.9. The van der Waals surface area contributed by atoms with Crippen LogP contribution < -0.4 is 5.32 Å². The summed E-state index contributed by atoms with van der Waals surface area (Å²) >= 11 is 5.35. The predicted molar refractivity (Wildman–Crippen MR) is 86.1 cm³/mol. The van der Waals surface area contributed by atoms with Gasteiger partial charge in [0.15, 0.2) is 5.11 Å². The molecule has 0 unspecified atom stereocenters. The summed E-state index contributed by atoms with van der Waals surface area (Å²) < 4.78 is 5.27. The summed E-state index contributed by atoms with van der Waals surface area (Å²) in [5.41, 5.74) is 0. The molecule has 1 saturated heterocycles. The molecule has 22 heavy (non-hydrogen) atoms. The van der Waals surface area contributed by atoms with Crippen molar-refractivity contribution in [2.45, 2.75) is 13.3 Å². The highest BCUT2D eigenvalue weighted by atomic mass is 32.1. The molecule has 1 fully saturated rings. The zero-order chi connectivity index (χ0) is 17.0. The molecule has 3 N–H and O–H groups in total. The van der Waals surface area contributed by atoms with Gasteiger partial charge in [0.2, 0.25) is 0 Å². The number of thiocarbonyl (C=S) groups is 1. The number of carboxylic acid groups (broad SMARTS) is 2. The quantitative estimate of drug-likeness (QED) is 0.355. The second kappa shape index (κ2) is 12.1. The van der Waals surface area contributed by atoms with Gasteiger partial charge in [-0.3, -0.25) is 0 Å². The Morgan fingerprint density at radius 3 is 2.18 bits per heavy atom. The first kappa shape index (κ1) is 20.6. The predicted octanol–water partition coefficient (Wildman–Crippen LogP) is -0.309. The molecule has 0 bridgehead atoms. The SMILES string of the molecule is CCOCCCNC(=S)N1CCN(C)CC1.O=C(O)C(=O)O. The van der Waals surface area contributed by atoms with E-state index in [1.165, 1.54) is 0 Å². The van der Waals surface area contributed by atoms with Crippen LogP contribution in [0.3, 0.4) is 0 Å². The fraction of sp³-hybridized carbons (Fsp3) is 0.769. The number of rotatable bonds is 5. The fourth-order valence-electron chi connectivity index (χ4n) is 1.64. The van der Waals surface area contributed by atoms with E-state index in [0.717, 1.165) is 57.5 Å². The van der Waals surface area contributed by atoms with Crippen LogP contribution >= 0.6 is 12.2 Å². The first-order valence-corrected chi connectivity index (χ1v) is 7.54. The van der Waals surface area contributed by atoms with Crippen LogP contribution in [0.25, 0.3) is 0 Å². The minimum atomic E-state index is -1.82. The summed E-state index contributed by atoms with van der Waals surface area (Å²) in [6.45, 7) is 8.80. The number of piperazine rings is 1. The topological polar surface area (TPSA) is 102 Å². The van der Waals surface area contributed by atoms with Gasteiger partial charge in [0.05, 0.1) is 0 Å². The van der Waals surface area contributed by atoms with Crippen LogP contribution in [-0.2, 0) is 14.3 Å². The molecule has 0 aromatic heterocycles. The molecule has 1 rings (SSSR count). The van der Waals surface area contributed by atoms with Crippen LogP contribution in [0, 0.1) is 0 Å². The lowest BCUT2D eigenvalue weighted by molar-refractivity contribution is -0.159. The highest BCUT2D eigenvalue weighted by molar-refractivity contribution is 7.80. The second-order valence-electron chi connectivity index (χ2n) is 4.68. The summed E-state index contributed by atoms with van der Waals surface area (Å²) in [5, 5.41) is 19.0. The molecule has 0 aromatic carbocycles. The Morgan fingerprint density at radius 1 is 1.18 bits per heavy atom. The fourth-order valence-corrected chi connectivity index (χ4v) is 1.92. The zero-order valence-electron chi connectivity index (χ0n) is 13.1. The van der Waals surface area contributed by atoms with Gasteiger partial charge in [-0.2, -0.15) is 0 Å². The van der Waals surface area contributed by atoms with Gasteiger partial charge in [-0.25, -0.2) is 9.59 Å². The second-order valence-corrected chi connectivity index (χ2v) is 5.07. The molecule has 128 valence electrons. The minimum absolute atomic E-state index is 0.795. The van der Waals surface area contributed by atoms with E-state index in [0.29, 0.717) is 0 Å². The molecule has 0 aliphatic carbocycles. The summed E-state index contributed by atoms with van der Waals surface area (Å²) in [4.78, 5) is 22.8. The van der Waals surface area contributed by atoms with Gasteiger partial charge in [0.25, 0.3) is 0 Å². The van der Waals surface area contributed by atoms with Crippen molar-refractivity contribution in [2.75, 3.05) is 53.0 Å². The Bertz CT molecular complexity index is 348. The lowest BCUT2D eigenvalue weighted by Crippen LogP contribution is -2.50. The van der Waals surface area contributed by atoms with Gasteiger partial charge in [0, 0.05) is 45.9 Å². The third-order valence-electron chi connectivity index (χ3n) is 2.92. The van der Waals surface area contributed by atoms with E-state index < -0.39 is 11.9 Å². The molecule has 0 amide bonds. The van der Waals surface area contributed by atoms with Crippen molar-refractivity contribution in [1.29, 1.82) is 0 Å². The van der Waals surface area contributed by atoms with E-state index in [-0.39, 0.29) is 0 Å². The van der Waals surface area contributed by atoms with E-state index in [1.54, 1.807) is 0 Å². The lowest BCUT2D eigenvalue weighted by atomic mass is 10.3. The van der Waals surface area contributed by atoms with Gasteiger partial charge in [-0.1, -0.05) is 0 Å². The number of ether oxygens (including phenoxy) is 1. The first-order chi connectivity index (χ1) is 10.4. The maximum atomic E-state index is 9.10. The van der Waals surface area contributed by atoms with Crippen molar-refractivity contribution >= 4 is 29.3 Å². The number of carboxylic acids is 2. The van der Waals surface area contributed by atoms with E-state index in [1.807, 2.05) is 6.92 Å². The van der Waals surface area contributed by atoms with Crippen LogP contribution in [-0.4, -0.2) is 90.0 Å². The van der Waals surface area contributed by atoms with E-state index in [2.05, 4.69) is 22.2 Å². The van der Waals surface area contributed by atoms with Crippen LogP contribution in [0.4, 0.5) is 0 Å². The number of nitrogens with one attached hydrogen (secondary N) is 1. The highest BCUT2D eigenvalue weighted by Crippen LogP contribution is 1.99. The monoisotopic (exact) mass is 335 g/mol. The standard InChI is InChI=1S/C11H23N3OS.C2H2O4/c1-3-15-10-4-5-12-11(16)14-8-6-13(2)7-9-14;3-1(4)2(5)6/h3-10H2,1-2H3,(H,12,16);(H,3,4)(H,5,6). The van der Waals surface area contributed by atoms with Gasteiger partial charge >= 0.3 is 11.9 Å². The average molecular weight is 335 g/mol. The Hall–Kier alpha value is -1.45. The van der Waals surface area contributed by atoms with E-state index in [4.69, 9.17) is 36.8 Å². The molecule has 1 heterocycles. The maximum Gasteiger partial charge on any atom is 0.414 e. The molecule has 8 nitrogen and oxygen atoms in total. The van der Waals surface area contributed by atoms with Crippen molar-refractivity contribution in [3.63, 3.8) is 0 Å². The van der Waals surface area contributed by atoms with Gasteiger partial charge in [-0.05, 0) is 32.6 Å². The van der Waals surface area contributed by atoms with Gasteiger partial charge in [-0.15, -0.1) is 0 Å². The average Bonchev–Trinajstić information content (AvgIpc) is 2.48. The maximum absolute atomic E-state index is 9.10. The number of likely N-dealkylation sites (N-methyl/N-ethyl adjacent to an activating group) is 1. The van der Waals surface area contributed by atoms with Crippen molar-refractivity contribution in [3.05, 3.63) is 0 Å². The number of hydrogen-bond donors (Lipinski definition) is 3. The third kappa shape index (κ3) is 10.3. The van der Waals surface area contributed by atoms with Crippen LogP contribution in [0.1, 0.15) is 13.3 Å². The Kier molecular flexibility index (Phi) is 11.3. The number of nitrogens with zero attached hydrogens (tertiary/aromatic N) is 2. The number of aliphatic carboxylic acids is 2. The molecule has 9 heteroatoms. The summed E-state index contributed by atoms with van der Waals surface area (Å²) in [6, 6.07) is 0. The summed E-state index contributed by atoms with van der Waals surface area (Å²) in [5.74, 6) is -3.65. The molecule has 1 aliphatic heterocycles. The molecule has 0 atom stereocenters. The summed E-state index contributed by atoms with van der Waals surface area (Å²) in [6.07, 6.45) is 1.02. The molecule has 1 aliphatic rings. The van der Waals surface area contributed by atoms with E-state index in [9.17, 15) is 0 Å². The molecular formula is C13H25N3O5S. The Balaban J connectivity index is 0.000000626. The molecule has 0 aromatic rings. The normalized spacial score (nSPS) is 14.7. The molecule has 0 saturated carbocycles. The van der Waals surface area contributed by atoms with Gasteiger partial charge < -0.3 is 30.1 Å². The number of carbonyl (C=O) groups is 2. The van der Waals surface area contributed by atoms with Crippen LogP contribution in [0.15, 0.2) is 0 Å². The van der Waals surface area contributed by atoms with Crippen molar-refractivity contribution < 1.29 is 24.5 Å². The van der Waals surface area contributed by atoms with Crippen molar-refractivity contribution in [1.82, 2.24) is 15.1 Å². The smallest absolute Gasteiger partial charge is 0.414 e. The lowest BCUT2D eigenvalue weighted by Gasteiger charge is -2.34. The largest absolute Gasteiger partial charge is 0.473 e. The first-order valence-electron chi connectivity index (χ1n) is 7.13. The highest BCUT2D eigenvalue weighted by Gasteiger charge is 2.15. The summed E-state index contributed by atoms with van der Waals surface area (Å²) in [7, 11) is 2.15. The van der Waals surface area contributed by atoms with Crippen molar-refractivity contribution in [3.8, 4) is 0 Å². The van der Waals surface area contributed by atoms with Gasteiger partial charge in [0.1, 0.15) is 0 Å². The van der Waals surface area contributed by atoms with Crippen LogP contribution in [0.5, 0.6) is 0 Å². The van der Waals surface area contributed by atoms with Crippen LogP contribution in [0.2, 0.25) is 0 Å². The number of hydrogen-bond acceptors (Lipinski definition) is 5. The Morgan fingerprint density at radius 2 is 1.73 bits per heavy atom. The third-order valence-corrected chi connectivity index (χ3v) is 3.32. The van der Waals surface area contributed by atoms with Crippen molar-refractivity contribution in [2.24, 2.45) is 0 Å². The minimum Gasteiger partial charge on any atom is -0.473 e. The molecule has 0 radical (unpaired) electrons. The molecule has 0 spiro atoms. The molecular weight excluding hydrogens is 310 g/mol. The van der Waals surface area contributed by atoms with E-state index >= 15 is 0 Å². The Labute approximate surface area is 136 Å².